The lowest BCUT2D eigenvalue weighted by molar-refractivity contribution is -0.485. The van der Waals surface area contributed by atoms with Crippen LogP contribution in [-0.2, 0) is 16.0 Å². The molecular formula is C28H32N6O4. The zero-order valence-corrected chi connectivity index (χ0v) is 21.0. The summed E-state index contributed by atoms with van der Waals surface area (Å²) in [5, 5.41) is 21.1. The number of guanidine groups is 1. The molecule has 0 spiro atoms. The molecule has 0 fully saturated rings. The fraction of sp³-hybridized carbons (Fsp3) is 0.250. The predicted octanol–water partition coefficient (Wildman–Crippen LogP) is 2.54. The molecule has 0 aliphatic heterocycles. The molecule has 38 heavy (non-hydrogen) atoms. The number of carbonyl (C=O) groups excluding carboxylic acids is 2. The van der Waals surface area contributed by atoms with Gasteiger partial charge in [0, 0.05) is 13.1 Å². The molecule has 1 atom stereocenters. The third-order valence-electron chi connectivity index (χ3n) is 5.88. The molecule has 0 aliphatic carbocycles. The predicted molar refractivity (Wildman–Crippen MR) is 146 cm³/mol. The number of amides is 2. The van der Waals surface area contributed by atoms with Crippen LogP contribution in [0.2, 0.25) is 0 Å². The molecule has 10 heteroatoms. The van der Waals surface area contributed by atoms with Crippen molar-refractivity contribution in [3.8, 4) is 0 Å². The van der Waals surface area contributed by atoms with Crippen LogP contribution in [0.15, 0.2) is 96.1 Å². The first-order chi connectivity index (χ1) is 18.4. The van der Waals surface area contributed by atoms with Crippen LogP contribution in [0.5, 0.6) is 0 Å². The van der Waals surface area contributed by atoms with Crippen molar-refractivity contribution in [2.24, 2.45) is 10.8 Å². The van der Waals surface area contributed by atoms with Crippen molar-refractivity contribution < 1.29 is 14.6 Å². The fourth-order valence-corrected chi connectivity index (χ4v) is 4.05. The van der Waals surface area contributed by atoms with E-state index in [9.17, 15) is 19.7 Å². The van der Waals surface area contributed by atoms with Crippen LogP contribution in [0.25, 0.3) is 0 Å². The van der Waals surface area contributed by atoms with Crippen molar-refractivity contribution in [3.63, 3.8) is 0 Å². The number of carbonyl (C=O) groups is 2. The molecule has 0 aliphatic rings. The van der Waals surface area contributed by atoms with Gasteiger partial charge >= 0.3 is 0 Å². The summed E-state index contributed by atoms with van der Waals surface area (Å²) in [6.07, 6.45) is 1.35. The van der Waals surface area contributed by atoms with E-state index in [1.165, 1.54) is 0 Å². The summed E-state index contributed by atoms with van der Waals surface area (Å²) < 4.78 is 0. The molecule has 0 radical (unpaired) electrons. The fourth-order valence-electron chi connectivity index (χ4n) is 4.05. The SMILES string of the molecule is N/C(=N/[N+](=O)[O-])NCCC[C@@H](NC(=O)C(c1ccccc1)c1ccccc1)C(=O)NCCc1ccccc1. The summed E-state index contributed by atoms with van der Waals surface area (Å²) in [4.78, 5) is 37.2. The highest BCUT2D eigenvalue weighted by atomic mass is 16.7. The van der Waals surface area contributed by atoms with Crippen LogP contribution in [0.3, 0.4) is 0 Å². The van der Waals surface area contributed by atoms with Gasteiger partial charge in [-0.15, -0.1) is 0 Å². The maximum absolute atomic E-state index is 13.6. The van der Waals surface area contributed by atoms with Crippen molar-refractivity contribution in [1.82, 2.24) is 16.0 Å². The summed E-state index contributed by atoms with van der Waals surface area (Å²) in [6, 6.07) is 27.7. The van der Waals surface area contributed by atoms with E-state index in [0.29, 0.717) is 19.4 Å². The van der Waals surface area contributed by atoms with Crippen molar-refractivity contribution in [1.29, 1.82) is 0 Å². The number of nitrogens with one attached hydrogen (secondary N) is 3. The van der Waals surface area contributed by atoms with Crippen LogP contribution in [0.1, 0.15) is 35.4 Å². The molecular weight excluding hydrogens is 484 g/mol. The van der Waals surface area contributed by atoms with Gasteiger partial charge in [-0.2, -0.15) is 0 Å². The lowest BCUT2D eigenvalue weighted by atomic mass is 9.90. The molecule has 3 rings (SSSR count). The summed E-state index contributed by atoms with van der Waals surface area (Å²) in [5.74, 6) is -1.52. The summed E-state index contributed by atoms with van der Waals surface area (Å²) in [5.41, 5.74) is 8.18. The quantitative estimate of drug-likeness (QED) is 0.0901. The summed E-state index contributed by atoms with van der Waals surface area (Å²) >= 11 is 0. The lowest BCUT2D eigenvalue weighted by Crippen LogP contribution is -2.49. The molecule has 0 unspecified atom stereocenters. The zero-order valence-electron chi connectivity index (χ0n) is 21.0. The number of hydrogen-bond acceptors (Lipinski definition) is 4. The highest BCUT2D eigenvalue weighted by Crippen LogP contribution is 2.25. The molecule has 0 saturated heterocycles. The van der Waals surface area contributed by atoms with Crippen molar-refractivity contribution in [2.45, 2.75) is 31.2 Å². The Kier molecular flexibility index (Phi) is 10.8. The Morgan fingerprint density at radius 2 is 1.37 bits per heavy atom. The third-order valence-corrected chi connectivity index (χ3v) is 5.88. The van der Waals surface area contributed by atoms with Crippen LogP contribution in [0.4, 0.5) is 0 Å². The Morgan fingerprint density at radius 1 is 0.816 bits per heavy atom. The van der Waals surface area contributed by atoms with E-state index in [4.69, 9.17) is 5.73 Å². The molecule has 5 N–H and O–H groups in total. The Hall–Kier alpha value is -4.73. The van der Waals surface area contributed by atoms with Gasteiger partial charge in [-0.05, 0) is 36.0 Å². The van der Waals surface area contributed by atoms with E-state index in [-0.39, 0.29) is 30.7 Å². The maximum Gasteiger partial charge on any atom is 0.266 e. The van der Waals surface area contributed by atoms with E-state index in [1.807, 2.05) is 91.0 Å². The van der Waals surface area contributed by atoms with Gasteiger partial charge in [-0.25, -0.2) is 10.1 Å². The average molecular weight is 517 g/mol. The van der Waals surface area contributed by atoms with E-state index >= 15 is 0 Å². The summed E-state index contributed by atoms with van der Waals surface area (Å²) in [7, 11) is 0. The molecule has 2 amide bonds. The van der Waals surface area contributed by atoms with Gasteiger partial charge in [-0.3, -0.25) is 9.59 Å². The van der Waals surface area contributed by atoms with Crippen LogP contribution >= 0.6 is 0 Å². The molecule has 10 nitrogen and oxygen atoms in total. The van der Waals surface area contributed by atoms with E-state index < -0.39 is 17.0 Å². The minimum atomic E-state index is -0.890. The van der Waals surface area contributed by atoms with Crippen molar-refractivity contribution in [3.05, 3.63) is 118 Å². The minimum absolute atomic E-state index is 0.244. The molecule has 3 aromatic rings. The highest BCUT2D eigenvalue weighted by molar-refractivity contribution is 5.92. The van der Waals surface area contributed by atoms with E-state index in [2.05, 4.69) is 21.1 Å². The number of nitrogens with two attached hydrogens (primary N) is 1. The van der Waals surface area contributed by atoms with Crippen LogP contribution in [0, 0.1) is 10.1 Å². The third kappa shape index (κ3) is 9.05. The van der Waals surface area contributed by atoms with Crippen LogP contribution < -0.4 is 21.7 Å². The number of rotatable bonds is 13. The number of benzene rings is 3. The summed E-state index contributed by atoms with van der Waals surface area (Å²) in [6.45, 7) is 0.657. The first-order valence-corrected chi connectivity index (χ1v) is 12.4. The van der Waals surface area contributed by atoms with Gasteiger partial charge in [0.05, 0.1) is 5.92 Å². The number of nitrogens with zero attached hydrogens (tertiary/aromatic N) is 2. The Morgan fingerprint density at radius 3 is 1.92 bits per heavy atom. The largest absolute Gasteiger partial charge is 0.365 e. The molecule has 198 valence electrons. The molecule has 0 bridgehead atoms. The smallest absolute Gasteiger partial charge is 0.266 e. The number of nitro groups is 1. The van der Waals surface area contributed by atoms with Gasteiger partial charge in [0.2, 0.25) is 11.8 Å². The standard InChI is InChI=1S/C28H32N6O4/c29-28(33-34(37)38)31-19-10-17-24(26(35)30-20-18-21-11-4-1-5-12-21)32-27(36)25(22-13-6-2-7-14-22)23-15-8-3-9-16-23/h1-9,11-16,24-25H,10,17-20H2,(H,30,35)(H,32,36)(H3,29,31,33)/t24-/m1/s1. The molecule has 0 aromatic heterocycles. The zero-order chi connectivity index (χ0) is 27.2. The number of hydrazone groups is 1. The van der Waals surface area contributed by atoms with Crippen molar-refractivity contribution >= 4 is 17.8 Å². The Bertz CT molecular complexity index is 1170. The van der Waals surface area contributed by atoms with Gasteiger partial charge in [-0.1, -0.05) is 91.0 Å². The average Bonchev–Trinajstić information content (AvgIpc) is 2.92. The topological polar surface area (TPSA) is 152 Å². The molecule has 0 heterocycles. The van der Waals surface area contributed by atoms with E-state index in [0.717, 1.165) is 16.7 Å². The Labute approximate surface area is 221 Å². The molecule has 3 aromatic carbocycles. The highest BCUT2D eigenvalue weighted by Gasteiger charge is 2.27. The first kappa shape index (κ1) is 27.9. The second-order valence-electron chi connectivity index (χ2n) is 8.63. The number of hydrogen-bond donors (Lipinski definition) is 4. The van der Waals surface area contributed by atoms with Gasteiger partial charge in [0.25, 0.3) is 5.96 Å². The maximum atomic E-state index is 13.6. The normalized spacial score (nSPS) is 12.0. The monoisotopic (exact) mass is 516 g/mol. The van der Waals surface area contributed by atoms with Crippen molar-refractivity contribution in [2.75, 3.05) is 13.1 Å². The van der Waals surface area contributed by atoms with Gasteiger partial charge in [0.15, 0.2) is 5.03 Å². The van der Waals surface area contributed by atoms with Gasteiger partial charge in [0.1, 0.15) is 11.1 Å². The van der Waals surface area contributed by atoms with Gasteiger partial charge < -0.3 is 21.7 Å². The second kappa shape index (κ2) is 14.7. The minimum Gasteiger partial charge on any atom is -0.365 e. The van der Waals surface area contributed by atoms with Crippen LogP contribution in [-0.4, -0.2) is 41.9 Å². The second-order valence-corrected chi connectivity index (χ2v) is 8.63. The van der Waals surface area contributed by atoms with E-state index in [1.54, 1.807) is 0 Å². The Balaban J connectivity index is 1.71. The lowest BCUT2D eigenvalue weighted by Gasteiger charge is -2.23. The molecule has 0 saturated carbocycles. The first-order valence-electron chi connectivity index (χ1n) is 12.4.